The van der Waals surface area contributed by atoms with Crippen LogP contribution in [0.4, 0.5) is 0 Å². The third kappa shape index (κ3) is 13.0. The molecule has 0 bridgehead atoms. The Bertz CT molecular complexity index is 1890. The van der Waals surface area contributed by atoms with Crippen LogP contribution >= 0.6 is 0 Å². The van der Waals surface area contributed by atoms with E-state index in [-0.39, 0.29) is 46.5 Å². The van der Waals surface area contributed by atoms with Gasteiger partial charge in [-0.05, 0) is 36.5 Å². The molecule has 4 aromatic rings. The third-order valence-electron chi connectivity index (χ3n) is 10.6. The van der Waals surface area contributed by atoms with Crippen molar-refractivity contribution in [3.63, 3.8) is 0 Å². The van der Waals surface area contributed by atoms with Crippen molar-refractivity contribution >= 4 is 11.3 Å². The number of hydrogen-bond donors (Lipinski definition) is 0. The fourth-order valence-corrected chi connectivity index (χ4v) is 9.88. The van der Waals surface area contributed by atoms with Crippen LogP contribution in [0.2, 0.25) is 19.6 Å². The van der Waals surface area contributed by atoms with Crippen LogP contribution in [0.5, 0.6) is 0 Å². The summed E-state index contributed by atoms with van der Waals surface area (Å²) in [6.07, 6.45) is 6.83. The first-order valence-electron chi connectivity index (χ1n) is 20.0. The van der Waals surface area contributed by atoms with E-state index in [4.69, 9.17) is 0 Å². The molecule has 0 spiro atoms. The minimum absolute atomic E-state index is 0. The summed E-state index contributed by atoms with van der Waals surface area (Å²) in [6.45, 7) is 38.7. The molecule has 0 aromatic heterocycles. The summed E-state index contributed by atoms with van der Waals surface area (Å²) in [4.78, 5) is 0. The molecular formula is C52H68Cl2SiZr-2. The minimum atomic E-state index is -1.07. The van der Waals surface area contributed by atoms with E-state index in [2.05, 4.69) is 214 Å². The minimum Gasteiger partial charge on any atom is -1.00 e. The Balaban J connectivity index is 0.000000300. The van der Waals surface area contributed by atoms with E-state index in [9.17, 15) is 0 Å². The Labute approximate surface area is 371 Å². The molecule has 4 aromatic carbocycles. The van der Waals surface area contributed by atoms with Gasteiger partial charge in [0.05, 0.1) is 0 Å². The molecule has 56 heavy (non-hydrogen) atoms. The van der Waals surface area contributed by atoms with E-state index in [1.807, 2.05) is 0 Å². The molecule has 2 aliphatic rings. The van der Waals surface area contributed by atoms with E-state index in [0.29, 0.717) is 5.92 Å². The molecule has 0 heterocycles. The van der Waals surface area contributed by atoms with Crippen LogP contribution in [-0.4, -0.2) is 11.3 Å². The van der Waals surface area contributed by atoms with Gasteiger partial charge in [-0.2, -0.15) is 29.8 Å². The first-order valence-corrected chi connectivity index (χ1v) is 24.7. The molecule has 0 N–H and O–H groups in total. The molecule has 0 radical (unpaired) electrons. The smallest absolute Gasteiger partial charge is 0.0112 e. The maximum absolute atomic E-state index is 3.67. The molecule has 0 saturated heterocycles. The van der Waals surface area contributed by atoms with Crippen molar-refractivity contribution in [2.45, 2.75) is 145 Å². The summed E-state index contributed by atoms with van der Waals surface area (Å²) < 4.78 is 1.42. The Hall–Kier alpha value is -2.09. The Morgan fingerprint density at radius 3 is 1.39 bits per heavy atom. The van der Waals surface area contributed by atoms with Gasteiger partial charge in [0.1, 0.15) is 0 Å². The quantitative estimate of drug-likeness (QED) is 0.127. The van der Waals surface area contributed by atoms with Gasteiger partial charge < -0.3 is 24.8 Å². The van der Waals surface area contributed by atoms with Crippen LogP contribution in [-0.2, 0) is 52.3 Å². The molecule has 0 nitrogen and oxygen atoms in total. The SMILES string of the molecule is CC(C)(C)c1[c-]c2c(cc1)-c1ccc(C(C)(C)C)cc1C2.CC(C)(C)c1ccc([C](=[Zr+2])c2ccc(C(C)(C)C)cc2)cc1.CC1=[C-]C(C)C=C1[Si](C)(C)C.[Cl-].[Cl-]. The first kappa shape index (κ1) is 50.1. The van der Waals surface area contributed by atoms with Gasteiger partial charge in [-0.25, -0.2) is 10.8 Å². The van der Waals surface area contributed by atoms with Crippen molar-refractivity contribution < 1.29 is 49.0 Å². The summed E-state index contributed by atoms with van der Waals surface area (Å²) in [6, 6.07) is 33.3. The van der Waals surface area contributed by atoms with Crippen LogP contribution < -0.4 is 24.8 Å². The van der Waals surface area contributed by atoms with Gasteiger partial charge in [0, 0.05) is 0 Å². The maximum atomic E-state index is 3.67. The van der Waals surface area contributed by atoms with E-state index in [0.717, 1.165) is 6.42 Å². The standard InChI is InChI=1S/C21H25.C21H26.C10H17Si.2ClH.Zr/c1-20(2,3)16-7-9-18-14(12-16)11-15-13-17(21(4,5)6)8-10-19(15)18;1-20(2,3)18-11-7-16(8-12-18)15-17-9-13-19(14-10-17)21(4,5)6;1-8-6-9(2)10(7-8)11(3,4)5;;;/h7-10,12H,11H2,1-6H3;7-14H,1-6H3;7-8H,1-5H3;2*1H;/q-1;;-1;;;+2/p-2. The summed E-state index contributed by atoms with van der Waals surface area (Å²) in [5.74, 6) is 0.553. The van der Waals surface area contributed by atoms with Gasteiger partial charge in [-0.15, -0.1) is 11.1 Å². The average Bonchev–Trinajstić information content (AvgIpc) is 3.61. The number of halogens is 2. The summed E-state index contributed by atoms with van der Waals surface area (Å²) in [7, 11) is -1.07. The van der Waals surface area contributed by atoms with Gasteiger partial charge in [0.15, 0.2) is 0 Å². The molecule has 0 aliphatic heterocycles. The average molecular weight is 883 g/mol. The Kier molecular flexibility index (Phi) is 16.9. The van der Waals surface area contributed by atoms with E-state index in [1.165, 1.54) is 88.6 Å². The fourth-order valence-electron chi connectivity index (χ4n) is 7.12. The second-order valence-electron chi connectivity index (χ2n) is 20.7. The van der Waals surface area contributed by atoms with Crippen LogP contribution in [0, 0.1) is 18.1 Å². The van der Waals surface area contributed by atoms with Crippen molar-refractivity contribution in [2.24, 2.45) is 5.92 Å². The summed E-state index contributed by atoms with van der Waals surface area (Å²) >= 11 is 1.46. The molecule has 2 aliphatic carbocycles. The number of benzene rings is 4. The number of rotatable bonds is 3. The van der Waals surface area contributed by atoms with E-state index < -0.39 is 8.07 Å². The van der Waals surface area contributed by atoms with Crippen molar-refractivity contribution in [3.8, 4) is 11.1 Å². The Morgan fingerprint density at radius 2 is 1.04 bits per heavy atom. The van der Waals surface area contributed by atoms with Crippen LogP contribution in [0.15, 0.2) is 95.7 Å². The zero-order valence-electron chi connectivity index (χ0n) is 37.6. The van der Waals surface area contributed by atoms with Gasteiger partial charge >= 0.3 is 151 Å². The van der Waals surface area contributed by atoms with Crippen LogP contribution in [0.25, 0.3) is 11.1 Å². The van der Waals surface area contributed by atoms with Crippen LogP contribution in [0.1, 0.15) is 141 Å². The molecule has 6 rings (SSSR count). The van der Waals surface area contributed by atoms with Crippen LogP contribution in [0.3, 0.4) is 0 Å². The van der Waals surface area contributed by atoms with Gasteiger partial charge in [0.25, 0.3) is 0 Å². The molecule has 0 fully saturated rings. The summed E-state index contributed by atoms with van der Waals surface area (Å²) in [5.41, 5.74) is 16.0. The number of allylic oxidation sites excluding steroid dienone is 4. The molecule has 0 saturated carbocycles. The molecule has 300 valence electrons. The maximum Gasteiger partial charge on any atom is -0.0112 e. The van der Waals surface area contributed by atoms with Crippen molar-refractivity contribution in [1.82, 2.24) is 0 Å². The third-order valence-corrected chi connectivity index (χ3v) is 14.2. The monoisotopic (exact) mass is 880 g/mol. The molecule has 1 atom stereocenters. The molecule has 0 amide bonds. The second-order valence-corrected chi connectivity index (χ2v) is 27.0. The summed E-state index contributed by atoms with van der Waals surface area (Å²) in [5, 5.41) is 1.60. The van der Waals surface area contributed by atoms with Gasteiger partial charge in [-0.3, -0.25) is 6.08 Å². The molecule has 1 unspecified atom stereocenters. The van der Waals surface area contributed by atoms with Gasteiger partial charge in [0.2, 0.25) is 0 Å². The first-order chi connectivity index (χ1) is 24.7. The van der Waals surface area contributed by atoms with Crippen molar-refractivity contribution in [3.05, 3.63) is 152 Å². The van der Waals surface area contributed by atoms with Crippen molar-refractivity contribution in [1.29, 1.82) is 0 Å². The normalized spacial score (nSPS) is 15.0. The zero-order valence-corrected chi connectivity index (χ0v) is 42.6. The van der Waals surface area contributed by atoms with Gasteiger partial charge in [-0.1, -0.05) is 105 Å². The van der Waals surface area contributed by atoms with Crippen molar-refractivity contribution in [2.75, 3.05) is 0 Å². The fraction of sp³-hybridized carbons (Fsp3) is 0.442. The molecule has 4 heteroatoms. The number of hydrogen-bond acceptors (Lipinski definition) is 0. The number of fused-ring (bicyclic) bond motifs is 3. The topological polar surface area (TPSA) is 0 Å². The largest absolute Gasteiger partial charge is 1.00 e. The van der Waals surface area contributed by atoms with E-state index >= 15 is 0 Å². The second kappa shape index (κ2) is 18.9. The predicted molar refractivity (Wildman–Crippen MR) is 237 cm³/mol. The Morgan fingerprint density at radius 1 is 0.607 bits per heavy atom. The predicted octanol–water partition coefficient (Wildman–Crippen LogP) is 8.25. The van der Waals surface area contributed by atoms with E-state index in [1.54, 1.807) is 5.20 Å². The zero-order chi connectivity index (χ0) is 40.6. The molecular weight excluding hydrogens is 815 g/mol.